The third-order valence-electron chi connectivity index (χ3n) is 5.52. The first kappa shape index (κ1) is 21.7. The Balaban J connectivity index is 1.76. The van der Waals surface area contributed by atoms with Gasteiger partial charge in [-0.2, -0.15) is 5.10 Å². The molecule has 0 spiro atoms. The van der Waals surface area contributed by atoms with Gasteiger partial charge >= 0.3 is 0 Å². The number of aromatic nitrogens is 4. The van der Waals surface area contributed by atoms with Crippen molar-refractivity contribution in [1.82, 2.24) is 20.2 Å². The Kier molecular flexibility index (Phi) is 6.17. The van der Waals surface area contributed by atoms with Crippen molar-refractivity contribution in [2.45, 2.75) is 24.1 Å². The number of aryl methyl sites for hydroxylation is 1. The molecule has 2 unspecified atom stereocenters. The van der Waals surface area contributed by atoms with Crippen LogP contribution in [0.5, 0.6) is 0 Å². The topological polar surface area (TPSA) is 93.2 Å². The fraction of sp³-hybridized carbons (Fsp3) is 0.208. The Morgan fingerprint density at radius 3 is 2.52 bits per heavy atom. The number of pyridine rings is 2. The Morgan fingerprint density at radius 1 is 1.00 bits per heavy atom. The van der Waals surface area contributed by atoms with Crippen molar-refractivity contribution in [2.24, 2.45) is 10.8 Å². The maximum Gasteiger partial charge on any atom is 0.230 e. The van der Waals surface area contributed by atoms with Gasteiger partial charge < -0.3 is 5.73 Å². The Hall–Kier alpha value is -3.14. The van der Waals surface area contributed by atoms with Gasteiger partial charge in [0.2, 0.25) is 5.13 Å². The minimum Gasteiger partial charge on any atom is -0.330 e. The third kappa shape index (κ3) is 4.03. The van der Waals surface area contributed by atoms with Gasteiger partial charge in [0.1, 0.15) is 10.1 Å². The van der Waals surface area contributed by atoms with Crippen molar-refractivity contribution in [3.05, 3.63) is 101 Å². The summed E-state index contributed by atoms with van der Waals surface area (Å²) < 4.78 is 0. The maximum absolute atomic E-state index is 6.18. The lowest BCUT2D eigenvalue weighted by atomic mass is 9.86. The molecule has 0 fully saturated rings. The predicted octanol–water partition coefficient (Wildman–Crippen LogP) is 4.54. The quantitative estimate of drug-likeness (QED) is 0.421. The average Bonchev–Trinajstić information content (AvgIpc) is 3.49. The molecule has 33 heavy (non-hydrogen) atoms. The zero-order valence-electron chi connectivity index (χ0n) is 18.1. The maximum atomic E-state index is 6.18. The Labute approximate surface area is 200 Å². The van der Waals surface area contributed by atoms with Crippen molar-refractivity contribution >= 4 is 33.3 Å². The van der Waals surface area contributed by atoms with Crippen LogP contribution in [0.2, 0.25) is 0 Å². The minimum atomic E-state index is -0.647. The van der Waals surface area contributed by atoms with Gasteiger partial charge in [0, 0.05) is 35.8 Å². The van der Waals surface area contributed by atoms with Crippen LogP contribution in [0.4, 0.5) is 5.13 Å². The number of anilines is 1. The molecule has 2 N–H and O–H groups in total. The van der Waals surface area contributed by atoms with Gasteiger partial charge in [0.05, 0.1) is 0 Å². The summed E-state index contributed by atoms with van der Waals surface area (Å²) >= 11 is 3.22. The van der Waals surface area contributed by atoms with E-state index in [9.17, 15) is 0 Å². The molecule has 166 valence electrons. The first-order valence-corrected chi connectivity index (χ1v) is 12.3. The summed E-state index contributed by atoms with van der Waals surface area (Å²) in [4.78, 5) is 8.43. The number of rotatable bonds is 7. The van der Waals surface area contributed by atoms with E-state index in [4.69, 9.17) is 15.8 Å². The van der Waals surface area contributed by atoms with E-state index < -0.39 is 4.87 Å². The summed E-state index contributed by atoms with van der Waals surface area (Å²) in [6.07, 6.45) is 6.17. The first-order chi connectivity index (χ1) is 16.2. The number of benzene rings is 1. The van der Waals surface area contributed by atoms with Crippen LogP contribution >= 0.6 is 23.1 Å². The van der Waals surface area contributed by atoms with Crippen molar-refractivity contribution in [2.75, 3.05) is 11.6 Å². The largest absolute Gasteiger partial charge is 0.330 e. The van der Waals surface area contributed by atoms with Gasteiger partial charge in [-0.25, -0.2) is 5.01 Å². The van der Waals surface area contributed by atoms with E-state index in [0.717, 1.165) is 38.4 Å². The molecule has 1 aromatic carbocycles. The van der Waals surface area contributed by atoms with Gasteiger partial charge in [-0.1, -0.05) is 59.5 Å². The third-order valence-corrected chi connectivity index (χ3v) is 7.85. The molecule has 0 saturated heterocycles. The molecule has 0 amide bonds. The molecule has 3 aromatic heterocycles. The lowest BCUT2D eigenvalue weighted by Crippen LogP contribution is -2.44. The molecule has 1 aliphatic heterocycles. The highest BCUT2D eigenvalue weighted by atomic mass is 32.2. The SMILES string of the molecule is Cc1nnc(N2N=C(c3cccnc3)SC2(c2ccccc2)C(CCN)c2ccccn2)s1. The average molecular weight is 474 g/mol. The molecule has 4 aromatic rings. The van der Waals surface area contributed by atoms with E-state index in [0.29, 0.717) is 6.54 Å². The number of hydrogen-bond acceptors (Lipinski definition) is 9. The van der Waals surface area contributed by atoms with Crippen LogP contribution in [0.15, 0.2) is 84.4 Å². The van der Waals surface area contributed by atoms with Crippen LogP contribution in [0.1, 0.15) is 34.2 Å². The number of hydrogen-bond donors (Lipinski definition) is 1. The van der Waals surface area contributed by atoms with Gasteiger partial charge in [-0.15, -0.1) is 10.2 Å². The van der Waals surface area contributed by atoms with Crippen molar-refractivity contribution in [1.29, 1.82) is 0 Å². The highest BCUT2D eigenvalue weighted by molar-refractivity contribution is 8.15. The lowest BCUT2D eigenvalue weighted by molar-refractivity contribution is 0.443. The second-order valence-electron chi connectivity index (χ2n) is 7.61. The van der Waals surface area contributed by atoms with Crippen LogP contribution in [0, 0.1) is 6.92 Å². The molecular formula is C24H23N7S2. The summed E-state index contributed by atoms with van der Waals surface area (Å²) in [6.45, 7) is 2.47. The number of nitrogens with zero attached hydrogens (tertiary/aromatic N) is 6. The Bertz CT molecular complexity index is 1230. The van der Waals surface area contributed by atoms with Crippen molar-refractivity contribution < 1.29 is 0 Å². The summed E-state index contributed by atoms with van der Waals surface area (Å²) in [5.74, 6) is -0.0572. The van der Waals surface area contributed by atoms with Crippen LogP contribution in [0.25, 0.3) is 0 Å². The van der Waals surface area contributed by atoms with Crippen LogP contribution in [0.3, 0.4) is 0 Å². The standard InChI is InChI=1S/C24H23N7S2/c1-17-28-29-23(32-17)31-24(19-9-3-2-4-10-19,20(12-13-25)21-11-5-6-15-27-21)33-22(30-31)18-8-7-14-26-16-18/h2-11,14-16,20H,12-13,25H2,1H3. The van der Waals surface area contributed by atoms with E-state index in [1.165, 1.54) is 11.3 Å². The van der Waals surface area contributed by atoms with Gasteiger partial charge in [-0.3, -0.25) is 9.97 Å². The van der Waals surface area contributed by atoms with Crippen molar-refractivity contribution in [3.8, 4) is 0 Å². The molecule has 0 radical (unpaired) electrons. The molecule has 4 heterocycles. The lowest BCUT2D eigenvalue weighted by Gasteiger charge is -2.41. The van der Waals surface area contributed by atoms with E-state index in [2.05, 4.69) is 45.5 Å². The van der Waals surface area contributed by atoms with Crippen LogP contribution in [-0.4, -0.2) is 31.8 Å². The highest BCUT2D eigenvalue weighted by Gasteiger charge is 2.53. The molecule has 2 atom stereocenters. The van der Waals surface area contributed by atoms with E-state index in [1.54, 1.807) is 18.0 Å². The van der Waals surface area contributed by atoms with Crippen LogP contribution < -0.4 is 10.7 Å². The minimum absolute atomic E-state index is 0.0572. The van der Waals surface area contributed by atoms with Crippen molar-refractivity contribution in [3.63, 3.8) is 0 Å². The van der Waals surface area contributed by atoms with Gasteiger partial charge in [0.25, 0.3) is 0 Å². The van der Waals surface area contributed by atoms with Gasteiger partial charge in [0.15, 0.2) is 4.87 Å². The molecule has 1 aliphatic rings. The van der Waals surface area contributed by atoms with E-state index in [-0.39, 0.29) is 5.92 Å². The van der Waals surface area contributed by atoms with E-state index in [1.807, 2.05) is 54.7 Å². The Morgan fingerprint density at radius 2 is 1.85 bits per heavy atom. The molecule has 9 heteroatoms. The molecule has 5 rings (SSSR count). The van der Waals surface area contributed by atoms with Gasteiger partial charge in [-0.05, 0) is 49.7 Å². The molecule has 0 saturated carbocycles. The zero-order valence-corrected chi connectivity index (χ0v) is 19.7. The number of thioether (sulfide) groups is 1. The second kappa shape index (κ2) is 9.38. The second-order valence-corrected chi connectivity index (χ2v) is 9.98. The zero-order chi connectivity index (χ0) is 22.7. The molecule has 0 bridgehead atoms. The van der Waals surface area contributed by atoms with Crippen LogP contribution in [-0.2, 0) is 4.87 Å². The fourth-order valence-electron chi connectivity index (χ4n) is 4.11. The summed E-state index contributed by atoms with van der Waals surface area (Å²) in [6, 6.07) is 20.4. The number of nitrogens with two attached hydrogens (primary N) is 1. The summed E-state index contributed by atoms with van der Waals surface area (Å²) in [7, 11) is 0. The molecular weight excluding hydrogens is 450 g/mol. The highest BCUT2D eigenvalue weighted by Crippen LogP contribution is 2.57. The smallest absolute Gasteiger partial charge is 0.230 e. The normalized spacial score (nSPS) is 18.8. The summed E-state index contributed by atoms with van der Waals surface area (Å²) in [5, 5.41) is 18.4. The molecule has 7 nitrogen and oxygen atoms in total. The predicted molar refractivity (Wildman–Crippen MR) is 134 cm³/mol. The number of hydrazone groups is 1. The monoisotopic (exact) mass is 473 g/mol. The molecule has 0 aliphatic carbocycles. The van der Waals surface area contributed by atoms with E-state index >= 15 is 0 Å². The summed E-state index contributed by atoms with van der Waals surface area (Å²) in [5.41, 5.74) is 9.21. The fourth-order valence-corrected chi connectivity index (χ4v) is 6.37. The first-order valence-electron chi connectivity index (χ1n) is 10.7.